The first-order chi connectivity index (χ1) is 14.0. The van der Waals surface area contributed by atoms with Crippen molar-refractivity contribution >= 4 is 50.2 Å². The van der Waals surface area contributed by atoms with Crippen LogP contribution in [0, 0.1) is 0 Å². The molecule has 1 fully saturated rings. The molecular formula is C19H21N5O3S2. The van der Waals surface area contributed by atoms with Gasteiger partial charge in [0.1, 0.15) is 10.4 Å². The van der Waals surface area contributed by atoms with Gasteiger partial charge in [0.15, 0.2) is 15.9 Å². The molecule has 1 amide bonds. The normalized spacial score (nSPS) is 13.8. The first kappa shape index (κ1) is 19.7. The van der Waals surface area contributed by atoms with E-state index < -0.39 is 0 Å². The molecule has 2 aromatic heterocycles. The topological polar surface area (TPSA) is 89.3 Å². The number of hydrogen-bond acceptors (Lipinski definition) is 8. The van der Waals surface area contributed by atoms with Gasteiger partial charge in [-0.05, 0) is 37.1 Å². The largest absolute Gasteiger partial charge is 0.497 e. The molecule has 1 aromatic carbocycles. The van der Waals surface area contributed by atoms with Crippen molar-refractivity contribution in [3.05, 3.63) is 34.6 Å². The van der Waals surface area contributed by atoms with Crippen LogP contribution in [-0.2, 0) is 11.8 Å². The number of amides is 1. The minimum Gasteiger partial charge on any atom is -0.497 e. The predicted octanol–water partition coefficient (Wildman–Crippen LogP) is 2.73. The van der Waals surface area contributed by atoms with Gasteiger partial charge in [0, 0.05) is 25.8 Å². The SMILES string of the molecule is COc1ccc(NC(=O)CSc2nc3nc(N4CCCC4)sc3c(=O)n2C)cc1. The van der Waals surface area contributed by atoms with E-state index in [1.165, 1.54) is 27.7 Å². The monoisotopic (exact) mass is 431 g/mol. The molecule has 0 saturated carbocycles. The molecule has 1 aliphatic rings. The molecule has 29 heavy (non-hydrogen) atoms. The Morgan fingerprint density at radius 2 is 1.97 bits per heavy atom. The summed E-state index contributed by atoms with van der Waals surface area (Å²) in [7, 11) is 3.27. The molecule has 0 atom stereocenters. The number of benzene rings is 1. The predicted molar refractivity (Wildman–Crippen MR) is 116 cm³/mol. The fourth-order valence-corrected chi connectivity index (χ4v) is 4.89. The molecule has 1 N–H and O–H groups in total. The first-order valence-electron chi connectivity index (χ1n) is 9.24. The van der Waals surface area contributed by atoms with Gasteiger partial charge in [-0.25, -0.2) is 4.98 Å². The number of ether oxygens (including phenoxy) is 1. The van der Waals surface area contributed by atoms with Crippen LogP contribution in [0.2, 0.25) is 0 Å². The summed E-state index contributed by atoms with van der Waals surface area (Å²) in [5, 5.41) is 4.15. The van der Waals surface area contributed by atoms with Crippen molar-refractivity contribution < 1.29 is 9.53 Å². The fourth-order valence-electron chi connectivity index (χ4n) is 3.10. The molecule has 152 valence electrons. The maximum Gasteiger partial charge on any atom is 0.273 e. The number of rotatable bonds is 6. The highest BCUT2D eigenvalue weighted by Gasteiger charge is 2.20. The van der Waals surface area contributed by atoms with Crippen molar-refractivity contribution in [3.63, 3.8) is 0 Å². The summed E-state index contributed by atoms with van der Waals surface area (Å²) in [6, 6.07) is 7.11. The highest BCUT2D eigenvalue weighted by molar-refractivity contribution is 7.99. The van der Waals surface area contributed by atoms with E-state index in [1.54, 1.807) is 38.4 Å². The lowest BCUT2D eigenvalue weighted by Gasteiger charge is -2.11. The van der Waals surface area contributed by atoms with E-state index in [9.17, 15) is 9.59 Å². The zero-order valence-electron chi connectivity index (χ0n) is 16.2. The number of carbonyl (C=O) groups excluding carboxylic acids is 1. The summed E-state index contributed by atoms with van der Waals surface area (Å²) in [5.74, 6) is 0.688. The number of hydrogen-bond donors (Lipinski definition) is 1. The van der Waals surface area contributed by atoms with Gasteiger partial charge in [-0.3, -0.25) is 14.2 Å². The highest BCUT2D eigenvalue weighted by Crippen LogP contribution is 2.29. The Labute approximate surface area is 175 Å². The summed E-state index contributed by atoms with van der Waals surface area (Å²) in [6.45, 7) is 1.93. The van der Waals surface area contributed by atoms with Crippen LogP contribution in [0.15, 0.2) is 34.2 Å². The number of methoxy groups -OCH3 is 1. The number of thiazole rings is 1. The van der Waals surface area contributed by atoms with Gasteiger partial charge in [0.05, 0.1) is 12.9 Å². The van der Waals surface area contributed by atoms with Crippen LogP contribution < -0.4 is 20.5 Å². The average molecular weight is 432 g/mol. The van der Waals surface area contributed by atoms with Crippen LogP contribution in [0.1, 0.15) is 12.8 Å². The molecule has 10 heteroatoms. The Morgan fingerprint density at radius 3 is 2.66 bits per heavy atom. The van der Waals surface area contributed by atoms with E-state index in [-0.39, 0.29) is 17.2 Å². The van der Waals surface area contributed by atoms with Gasteiger partial charge in [-0.1, -0.05) is 23.1 Å². The quantitative estimate of drug-likeness (QED) is 0.474. The molecule has 0 bridgehead atoms. The lowest BCUT2D eigenvalue weighted by molar-refractivity contribution is -0.113. The van der Waals surface area contributed by atoms with Crippen LogP contribution in [0.4, 0.5) is 10.8 Å². The van der Waals surface area contributed by atoms with Crippen LogP contribution >= 0.6 is 23.1 Å². The van der Waals surface area contributed by atoms with E-state index in [0.717, 1.165) is 36.8 Å². The molecule has 3 aromatic rings. The van der Waals surface area contributed by atoms with Gasteiger partial charge in [0.25, 0.3) is 5.56 Å². The third kappa shape index (κ3) is 4.23. The van der Waals surface area contributed by atoms with Crippen LogP contribution in [-0.4, -0.2) is 46.4 Å². The number of aromatic nitrogens is 3. The van der Waals surface area contributed by atoms with Gasteiger partial charge < -0.3 is 15.0 Å². The Morgan fingerprint density at radius 1 is 1.24 bits per heavy atom. The van der Waals surface area contributed by atoms with Gasteiger partial charge >= 0.3 is 0 Å². The highest BCUT2D eigenvalue weighted by atomic mass is 32.2. The molecule has 8 nitrogen and oxygen atoms in total. The fraction of sp³-hybridized carbons (Fsp3) is 0.368. The molecule has 1 saturated heterocycles. The minimum atomic E-state index is -0.175. The Balaban J connectivity index is 1.47. The van der Waals surface area contributed by atoms with Gasteiger partial charge in [0.2, 0.25) is 5.91 Å². The lowest BCUT2D eigenvalue weighted by atomic mass is 10.3. The van der Waals surface area contributed by atoms with Crippen molar-refractivity contribution in [3.8, 4) is 5.75 Å². The second kappa shape index (κ2) is 8.42. The summed E-state index contributed by atoms with van der Waals surface area (Å²) in [5.41, 5.74) is 1.01. The molecule has 4 rings (SSSR count). The molecule has 0 aliphatic carbocycles. The van der Waals surface area contributed by atoms with Crippen LogP contribution in [0.3, 0.4) is 0 Å². The third-order valence-corrected chi connectivity index (χ3v) is 6.79. The number of fused-ring (bicyclic) bond motifs is 1. The average Bonchev–Trinajstić information content (AvgIpc) is 3.40. The Hall–Kier alpha value is -2.59. The Bertz CT molecular complexity index is 1090. The number of carbonyl (C=O) groups is 1. The summed E-state index contributed by atoms with van der Waals surface area (Å²) < 4.78 is 7.15. The second-order valence-electron chi connectivity index (χ2n) is 6.67. The maximum atomic E-state index is 12.7. The third-order valence-electron chi connectivity index (χ3n) is 4.67. The van der Waals surface area contributed by atoms with E-state index in [0.29, 0.717) is 21.2 Å². The zero-order valence-corrected chi connectivity index (χ0v) is 17.8. The minimum absolute atomic E-state index is 0.129. The smallest absolute Gasteiger partial charge is 0.273 e. The summed E-state index contributed by atoms with van der Waals surface area (Å²) in [4.78, 5) is 36.3. The van der Waals surface area contributed by atoms with E-state index in [2.05, 4.69) is 20.2 Å². The van der Waals surface area contributed by atoms with Crippen molar-refractivity contribution in [1.82, 2.24) is 14.5 Å². The van der Waals surface area contributed by atoms with Crippen molar-refractivity contribution in [2.75, 3.05) is 36.2 Å². The molecule has 1 aliphatic heterocycles. The van der Waals surface area contributed by atoms with E-state index >= 15 is 0 Å². The van der Waals surface area contributed by atoms with Crippen molar-refractivity contribution in [2.24, 2.45) is 7.05 Å². The summed E-state index contributed by atoms with van der Waals surface area (Å²) in [6.07, 6.45) is 2.29. The van der Waals surface area contributed by atoms with E-state index in [1.807, 2.05) is 0 Å². The molecule has 0 radical (unpaired) electrons. The molecular weight excluding hydrogens is 410 g/mol. The van der Waals surface area contributed by atoms with Crippen molar-refractivity contribution in [2.45, 2.75) is 18.0 Å². The number of nitrogens with zero attached hydrogens (tertiary/aromatic N) is 4. The van der Waals surface area contributed by atoms with Crippen LogP contribution in [0.25, 0.3) is 10.3 Å². The number of nitrogens with one attached hydrogen (secondary N) is 1. The van der Waals surface area contributed by atoms with Gasteiger partial charge in [-0.2, -0.15) is 4.98 Å². The second-order valence-corrected chi connectivity index (χ2v) is 8.59. The Kier molecular flexibility index (Phi) is 5.72. The maximum absolute atomic E-state index is 12.7. The number of anilines is 2. The summed E-state index contributed by atoms with van der Waals surface area (Å²) >= 11 is 2.61. The van der Waals surface area contributed by atoms with Crippen molar-refractivity contribution in [1.29, 1.82) is 0 Å². The molecule has 0 spiro atoms. The first-order valence-corrected chi connectivity index (χ1v) is 11.0. The zero-order chi connectivity index (χ0) is 20.4. The van der Waals surface area contributed by atoms with E-state index in [4.69, 9.17) is 4.74 Å². The van der Waals surface area contributed by atoms with Crippen LogP contribution in [0.5, 0.6) is 5.75 Å². The van der Waals surface area contributed by atoms with Gasteiger partial charge in [-0.15, -0.1) is 0 Å². The standard InChI is InChI=1S/C19H21N5O3S2/c1-23-17(26)15-16(22-19(29-15)24-9-3-4-10-24)21-18(23)28-11-14(25)20-12-5-7-13(27-2)8-6-12/h5-8H,3-4,9-11H2,1-2H3,(H,20,25). The lowest BCUT2D eigenvalue weighted by Crippen LogP contribution is -2.20. The molecule has 0 unspecified atom stereocenters. The molecule has 3 heterocycles. The number of thioether (sulfide) groups is 1.